The highest BCUT2D eigenvalue weighted by molar-refractivity contribution is 5.21. The maximum absolute atomic E-state index is 4.35. The summed E-state index contributed by atoms with van der Waals surface area (Å²) in [5, 5.41) is 7.23. The number of rotatable bonds is 12. The molecule has 0 spiro atoms. The third-order valence-electron chi connectivity index (χ3n) is 4.40. The van der Waals surface area contributed by atoms with Gasteiger partial charge in [0.05, 0.1) is 12.1 Å². The van der Waals surface area contributed by atoms with Gasteiger partial charge in [-0.15, -0.1) is 0 Å². The lowest BCUT2D eigenvalue weighted by atomic mass is 9.97. The quantitative estimate of drug-likeness (QED) is 0.461. The molecule has 2 nitrogen and oxygen atoms in total. The van der Waals surface area contributed by atoms with Crippen molar-refractivity contribution in [2.24, 2.45) is 11.8 Å². The topological polar surface area (TPSA) is 24.1 Å². The van der Waals surface area contributed by atoms with Gasteiger partial charge in [0, 0.05) is 11.4 Å². The number of nitrogens with one attached hydrogen (secondary N) is 2. The van der Waals surface area contributed by atoms with Crippen molar-refractivity contribution in [1.82, 2.24) is 10.6 Å². The fraction of sp³-hybridized carbons (Fsp3) is 0.500. The van der Waals surface area contributed by atoms with Crippen LogP contribution in [0.5, 0.6) is 0 Å². The molecule has 144 valence electrons. The van der Waals surface area contributed by atoms with Gasteiger partial charge in [-0.3, -0.25) is 0 Å². The monoisotopic (exact) mass is 354 g/mol. The summed E-state index contributed by atoms with van der Waals surface area (Å²) in [5.41, 5.74) is 4.54. The summed E-state index contributed by atoms with van der Waals surface area (Å²) >= 11 is 0. The normalized spacial score (nSPS) is 13.3. The smallest absolute Gasteiger partial charge is 0.0653 e. The molecule has 0 aromatic heterocycles. The molecule has 0 aliphatic rings. The lowest BCUT2D eigenvalue weighted by Crippen LogP contribution is -2.41. The Kier molecular flexibility index (Phi) is 9.26. The van der Waals surface area contributed by atoms with E-state index in [1.807, 2.05) is 0 Å². The van der Waals surface area contributed by atoms with Crippen molar-refractivity contribution >= 4 is 0 Å². The van der Waals surface area contributed by atoms with Gasteiger partial charge in [-0.2, -0.15) is 0 Å². The highest BCUT2D eigenvalue weighted by Gasteiger charge is 2.19. The van der Waals surface area contributed by atoms with Gasteiger partial charge < -0.3 is 10.6 Å². The first kappa shape index (κ1) is 22.1. The first-order valence-electron chi connectivity index (χ1n) is 9.78. The van der Waals surface area contributed by atoms with Crippen molar-refractivity contribution in [1.29, 1.82) is 0 Å². The predicted octanol–water partition coefficient (Wildman–Crippen LogP) is 5.84. The second kappa shape index (κ2) is 10.9. The highest BCUT2D eigenvalue weighted by atomic mass is 15.0. The third kappa shape index (κ3) is 8.42. The zero-order valence-corrected chi connectivity index (χ0v) is 17.4. The fourth-order valence-corrected chi connectivity index (χ4v) is 3.08. The predicted molar refractivity (Wildman–Crippen MR) is 116 cm³/mol. The van der Waals surface area contributed by atoms with E-state index in [2.05, 4.69) is 95.3 Å². The van der Waals surface area contributed by atoms with E-state index in [4.69, 9.17) is 0 Å². The maximum Gasteiger partial charge on any atom is 0.0653 e. The summed E-state index contributed by atoms with van der Waals surface area (Å²) in [6, 6.07) is 10.9. The second-order valence-corrected chi connectivity index (χ2v) is 8.29. The van der Waals surface area contributed by atoms with Crippen LogP contribution >= 0.6 is 0 Å². The van der Waals surface area contributed by atoms with Crippen LogP contribution in [0.15, 0.2) is 67.0 Å². The number of hydrogen-bond acceptors (Lipinski definition) is 2. The molecule has 1 aromatic rings. The Hall–Kier alpha value is -1.96. The van der Waals surface area contributed by atoms with Crippen molar-refractivity contribution < 1.29 is 0 Å². The lowest BCUT2D eigenvalue weighted by molar-refractivity contribution is 0.445. The summed E-state index contributed by atoms with van der Waals surface area (Å²) in [4.78, 5) is 0. The van der Waals surface area contributed by atoms with Crippen LogP contribution in [0.1, 0.15) is 53.0 Å². The van der Waals surface area contributed by atoms with Crippen LogP contribution < -0.4 is 10.6 Å². The van der Waals surface area contributed by atoms with Crippen molar-refractivity contribution in [3.05, 3.63) is 72.6 Å². The maximum atomic E-state index is 4.35. The molecular weight excluding hydrogens is 316 g/mol. The Morgan fingerprint density at radius 2 is 1.50 bits per heavy atom. The lowest BCUT2D eigenvalue weighted by Gasteiger charge is -2.30. The van der Waals surface area contributed by atoms with Crippen molar-refractivity contribution in [2.45, 2.75) is 66.0 Å². The standard InChI is InChI=1S/C24H38N2/c1-17(2)14-20(7)25-24(15-18(3)4)21(8)26-23(19(5)6)16-22-12-10-9-11-13-22/h9-13,17-18,23-26H,5,7-8,14-16H2,1-4,6H3. The zero-order valence-electron chi connectivity index (χ0n) is 17.4. The summed E-state index contributed by atoms with van der Waals surface area (Å²) in [5.74, 6) is 1.17. The van der Waals surface area contributed by atoms with E-state index in [0.717, 1.165) is 36.2 Å². The molecule has 2 unspecified atom stereocenters. The Labute approximate surface area is 161 Å². The zero-order chi connectivity index (χ0) is 19.7. The molecule has 0 saturated carbocycles. The molecule has 0 bridgehead atoms. The molecule has 1 rings (SSSR count). The van der Waals surface area contributed by atoms with Gasteiger partial charge in [0.25, 0.3) is 0 Å². The first-order chi connectivity index (χ1) is 12.2. The van der Waals surface area contributed by atoms with Crippen LogP contribution in [0.3, 0.4) is 0 Å². The molecule has 0 aliphatic carbocycles. The molecule has 0 radical (unpaired) electrons. The number of benzene rings is 1. The minimum Gasteiger partial charge on any atom is -0.381 e. The molecule has 0 aliphatic heterocycles. The Morgan fingerprint density at radius 3 is 2.00 bits per heavy atom. The van der Waals surface area contributed by atoms with Crippen LogP contribution in [-0.2, 0) is 6.42 Å². The van der Waals surface area contributed by atoms with Crippen LogP contribution in [-0.4, -0.2) is 12.1 Å². The van der Waals surface area contributed by atoms with Gasteiger partial charge in [-0.05, 0) is 43.6 Å². The second-order valence-electron chi connectivity index (χ2n) is 8.29. The van der Waals surface area contributed by atoms with Gasteiger partial charge in [-0.1, -0.05) is 83.3 Å². The van der Waals surface area contributed by atoms with E-state index in [9.17, 15) is 0 Å². The van der Waals surface area contributed by atoms with E-state index in [1.54, 1.807) is 0 Å². The van der Waals surface area contributed by atoms with E-state index in [1.165, 1.54) is 5.56 Å². The van der Waals surface area contributed by atoms with Crippen molar-refractivity contribution in [3.63, 3.8) is 0 Å². The highest BCUT2D eigenvalue weighted by Crippen LogP contribution is 2.17. The Morgan fingerprint density at radius 1 is 0.885 bits per heavy atom. The van der Waals surface area contributed by atoms with Gasteiger partial charge in [0.2, 0.25) is 0 Å². The minimum absolute atomic E-state index is 0.180. The van der Waals surface area contributed by atoms with Crippen LogP contribution in [0, 0.1) is 11.8 Å². The molecule has 2 N–H and O–H groups in total. The fourth-order valence-electron chi connectivity index (χ4n) is 3.08. The van der Waals surface area contributed by atoms with Gasteiger partial charge >= 0.3 is 0 Å². The molecule has 26 heavy (non-hydrogen) atoms. The molecule has 2 atom stereocenters. The van der Waals surface area contributed by atoms with Crippen molar-refractivity contribution in [3.8, 4) is 0 Å². The molecule has 0 saturated heterocycles. The summed E-state index contributed by atoms with van der Waals surface area (Å²) in [7, 11) is 0. The summed E-state index contributed by atoms with van der Waals surface area (Å²) in [6.07, 6.45) is 2.92. The molecule has 0 amide bonds. The molecule has 0 heterocycles. The van der Waals surface area contributed by atoms with E-state index in [0.29, 0.717) is 11.8 Å². The largest absolute Gasteiger partial charge is 0.381 e. The molecule has 0 fully saturated rings. The van der Waals surface area contributed by atoms with Crippen LogP contribution in [0.4, 0.5) is 0 Å². The Balaban J connectivity index is 2.80. The molecule has 1 aromatic carbocycles. The average Bonchev–Trinajstić information content (AvgIpc) is 2.53. The Bertz CT molecular complexity index is 583. The van der Waals surface area contributed by atoms with E-state index >= 15 is 0 Å². The number of allylic oxidation sites excluding steroid dienone is 1. The van der Waals surface area contributed by atoms with Crippen LogP contribution in [0.2, 0.25) is 0 Å². The van der Waals surface area contributed by atoms with Gasteiger partial charge in [0.15, 0.2) is 0 Å². The summed E-state index contributed by atoms with van der Waals surface area (Å²) in [6.45, 7) is 23.7. The van der Waals surface area contributed by atoms with Gasteiger partial charge in [0.1, 0.15) is 0 Å². The SMILES string of the molecule is C=C(CC(C)C)NC(CC(C)C)C(=C)NC(Cc1ccccc1)C(=C)C. The van der Waals surface area contributed by atoms with E-state index < -0.39 is 0 Å². The van der Waals surface area contributed by atoms with E-state index in [-0.39, 0.29) is 12.1 Å². The average molecular weight is 355 g/mol. The first-order valence-corrected chi connectivity index (χ1v) is 9.78. The third-order valence-corrected chi connectivity index (χ3v) is 4.40. The molecular formula is C24H38N2. The van der Waals surface area contributed by atoms with Gasteiger partial charge in [-0.25, -0.2) is 0 Å². The molecule has 2 heteroatoms. The van der Waals surface area contributed by atoms with Crippen molar-refractivity contribution in [2.75, 3.05) is 0 Å². The minimum atomic E-state index is 0.180. The number of hydrogen-bond donors (Lipinski definition) is 2. The summed E-state index contributed by atoms with van der Waals surface area (Å²) < 4.78 is 0. The van der Waals surface area contributed by atoms with Crippen LogP contribution in [0.25, 0.3) is 0 Å².